The van der Waals surface area contributed by atoms with Crippen molar-refractivity contribution in [3.05, 3.63) is 18.0 Å². The lowest BCUT2D eigenvalue weighted by Crippen LogP contribution is -2.41. The number of esters is 1. The number of nitrogens with zero attached hydrogens (tertiary/aromatic N) is 3. The number of aliphatic hydroxyl groups is 1. The Kier molecular flexibility index (Phi) is 3.33. The largest absolute Gasteiger partial charge is 0.467 e. The van der Waals surface area contributed by atoms with Gasteiger partial charge in [-0.1, -0.05) is 0 Å². The number of hydrogen-bond acceptors (Lipinski definition) is 5. The molecule has 7 heteroatoms. The van der Waals surface area contributed by atoms with Crippen molar-refractivity contribution < 1.29 is 19.4 Å². The van der Waals surface area contributed by atoms with Crippen molar-refractivity contribution in [1.82, 2.24) is 14.7 Å². The molecule has 98 valence electrons. The van der Waals surface area contributed by atoms with Crippen molar-refractivity contribution in [1.29, 1.82) is 0 Å². The molecule has 18 heavy (non-hydrogen) atoms. The first kappa shape index (κ1) is 12.6. The van der Waals surface area contributed by atoms with Gasteiger partial charge in [0.25, 0.3) is 5.91 Å². The summed E-state index contributed by atoms with van der Waals surface area (Å²) in [6.45, 7) is 0.120. The zero-order valence-electron chi connectivity index (χ0n) is 10.2. The Morgan fingerprint density at radius 2 is 2.28 bits per heavy atom. The van der Waals surface area contributed by atoms with Crippen molar-refractivity contribution in [3.63, 3.8) is 0 Å². The van der Waals surface area contributed by atoms with Crippen molar-refractivity contribution >= 4 is 11.9 Å². The molecule has 0 spiro atoms. The summed E-state index contributed by atoms with van der Waals surface area (Å²) in [7, 11) is 2.96. The van der Waals surface area contributed by atoms with E-state index in [9.17, 15) is 14.7 Å². The standard InChI is InChI=1S/C11H15N3O4/c1-13-4-3-8(12-13)10(16)14-6-7(15)5-9(14)11(17)18-2/h3-4,7,9,15H,5-6H2,1-2H3. The number of methoxy groups -OCH3 is 1. The van der Waals surface area contributed by atoms with E-state index in [1.165, 1.54) is 16.7 Å². The van der Waals surface area contributed by atoms with E-state index in [0.717, 1.165) is 0 Å². The summed E-state index contributed by atoms with van der Waals surface area (Å²) in [5.74, 6) is -0.890. The van der Waals surface area contributed by atoms with Gasteiger partial charge in [0, 0.05) is 26.2 Å². The van der Waals surface area contributed by atoms with Crippen LogP contribution in [0.15, 0.2) is 12.3 Å². The molecule has 1 aliphatic rings. The molecule has 7 nitrogen and oxygen atoms in total. The fourth-order valence-corrected chi connectivity index (χ4v) is 2.07. The van der Waals surface area contributed by atoms with Crippen LogP contribution in [0.25, 0.3) is 0 Å². The van der Waals surface area contributed by atoms with Gasteiger partial charge in [-0.3, -0.25) is 9.48 Å². The van der Waals surface area contributed by atoms with E-state index in [1.54, 1.807) is 19.3 Å². The number of ether oxygens (including phenoxy) is 1. The Morgan fingerprint density at radius 1 is 1.56 bits per heavy atom. The number of aromatic nitrogens is 2. The molecule has 2 heterocycles. The lowest BCUT2D eigenvalue weighted by Gasteiger charge is -2.21. The summed E-state index contributed by atoms with van der Waals surface area (Å²) in [5.41, 5.74) is 0.250. The normalized spacial score (nSPS) is 23.2. The molecule has 0 aliphatic carbocycles. The smallest absolute Gasteiger partial charge is 0.328 e. The molecule has 1 aromatic rings. The van der Waals surface area contributed by atoms with Crippen LogP contribution in [0.4, 0.5) is 0 Å². The number of amides is 1. The van der Waals surface area contributed by atoms with Crippen LogP contribution in [0.1, 0.15) is 16.9 Å². The van der Waals surface area contributed by atoms with Gasteiger partial charge in [0.05, 0.1) is 13.2 Å². The first-order chi connectivity index (χ1) is 8.52. The summed E-state index contributed by atoms with van der Waals surface area (Å²) in [4.78, 5) is 25.0. The van der Waals surface area contributed by atoms with Gasteiger partial charge in [-0.25, -0.2) is 4.79 Å². The predicted molar refractivity (Wildman–Crippen MR) is 60.7 cm³/mol. The first-order valence-corrected chi connectivity index (χ1v) is 5.59. The number of likely N-dealkylation sites (tertiary alicyclic amines) is 1. The number of β-amino-alcohol motifs (C(OH)–C–C–N with tert-alkyl or cyclic N) is 1. The Morgan fingerprint density at radius 3 is 2.83 bits per heavy atom. The molecule has 2 unspecified atom stereocenters. The molecule has 2 atom stereocenters. The first-order valence-electron chi connectivity index (χ1n) is 5.59. The van der Waals surface area contributed by atoms with Gasteiger partial charge in [0.1, 0.15) is 11.7 Å². The SMILES string of the molecule is COC(=O)C1CC(O)CN1C(=O)c1ccn(C)n1. The van der Waals surface area contributed by atoms with Gasteiger partial charge in [0.15, 0.2) is 0 Å². The highest BCUT2D eigenvalue weighted by atomic mass is 16.5. The maximum Gasteiger partial charge on any atom is 0.328 e. The molecule has 0 bridgehead atoms. The minimum Gasteiger partial charge on any atom is -0.467 e. The molecule has 2 rings (SSSR count). The van der Waals surface area contributed by atoms with E-state index in [1.807, 2.05) is 0 Å². The van der Waals surface area contributed by atoms with E-state index >= 15 is 0 Å². The third-order valence-corrected chi connectivity index (χ3v) is 2.95. The van der Waals surface area contributed by atoms with E-state index < -0.39 is 18.1 Å². The Bertz CT molecular complexity index is 471. The topological polar surface area (TPSA) is 84.7 Å². The average molecular weight is 253 g/mol. The second-order valence-electron chi connectivity index (χ2n) is 4.26. The van der Waals surface area contributed by atoms with Crippen LogP contribution in [0.5, 0.6) is 0 Å². The van der Waals surface area contributed by atoms with E-state index in [-0.39, 0.29) is 24.6 Å². The molecule has 0 saturated carbocycles. The average Bonchev–Trinajstić information content (AvgIpc) is 2.93. The highest BCUT2D eigenvalue weighted by Crippen LogP contribution is 2.21. The molecular weight excluding hydrogens is 238 g/mol. The van der Waals surface area contributed by atoms with Gasteiger partial charge in [-0.15, -0.1) is 0 Å². The fourth-order valence-electron chi connectivity index (χ4n) is 2.07. The third-order valence-electron chi connectivity index (χ3n) is 2.95. The molecule has 1 aliphatic heterocycles. The van der Waals surface area contributed by atoms with Gasteiger partial charge < -0.3 is 14.7 Å². The van der Waals surface area contributed by atoms with Gasteiger partial charge in [-0.2, -0.15) is 5.10 Å². The van der Waals surface area contributed by atoms with Crippen molar-refractivity contribution in [2.75, 3.05) is 13.7 Å². The van der Waals surface area contributed by atoms with E-state index in [0.29, 0.717) is 0 Å². The lowest BCUT2D eigenvalue weighted by atomic mass is 10.2. The predicted octanol–water partition coefficient (Wildman–Crippen LogP) is -0.832. The minimum absolute atomic E-state index is 0.120. The number of carbonyl (C=O) groups excluding carboxylic acids is 2. The quantitative estimate of drug-likeness (QED) is 0.695. The van der Waals surface area contributed by atoms with Gasteiger partial charge in [0.2, 0.25) is 0 Å². The van der Waals surface area contributed by atoms with Crippen LogP contribution in [0.2, 0.25) is 0 Å². The van der Waals surface area contributed by atoms with Gasteiger partial charge in [-0.05, 0) is 6.07 Å². The maximum atomic E-state index is 12.2. The maximum absolute atomic E-state index is 12.2. The molecule has 1 N–H and O–H groups in total. The molecular formula is C11H15N3O4. The van der Waals surface area contributed by atoms with Crippen LogP contribution >= 0.6 is 0 Å². The fraction of sp³-hybridized carbons (Fsp3) is 0.545. The molecule has 1 amide bonds. The molecule has 1 aromatic heterocycles. The number of carbonyl (C=O) groups is 2. The van der Waals surface area contributed by atoms with Crippen LogP contribution in [-0.2, 0) is 16.6 Å². The van der Waals surface area contributed by atoms with Crippen LogP contribution < -0.4 is 0 Å². The van der Waals surface area contributed by atoms with Crippen LogP contribution in [0, 0.1) is 0 Å². The Labute approximate surface area is 104 Å². The zero-order valence-corrected chi connectivity index (χ0v) is 10.2. The number of aliphatic hydroxyl groups excluding tert-OH is 1. The monoisotopic (exact) mass is 253 g/mol. The molecule has 0 aromatic carbocycles. The van der Waals surface area contributed by atoms with Crippen molar-refractivity contribution in [2.24, 2.45) is 7.05 Å². The van der Waals surface area contributed by atoms with Gasteiger partial charge >= 0.3 is 5.97 Å². The second kappa shape index (κ2) is 4.77. The zero-order chi connectivity index (χ0) is 13.3. The Balaban J connectivity index is 2.20. The molecule has 0 radical (unpaired) electrons. The number of rotatable bonds is 2. The number of hydrogen-bond donors (Lipinski definition) is 1. The summed E-state index contributed by atoms with van der Waals surface area (Å²) in [6, 6.07) is 0.834. The highest BCUT2D eigenvalue weighted by Gasteiger charge is 2.40. The summed E-state index contributed by atoms with van der Waals surface area (Å²) in [6.07, 6.45) is 1.14. The highest BCUT2D eigenvalue weighted by molar-refractivity contribution is 5.95. The Hall–Kier alpha value is -1.89. The summed E-state index contributed by atoms with van der Waals surface area (Å²) in [5, 5.41) is 13.6. The number of aryl methyl sites for hydroxylation is 1. The van der Waals surface area contributed by atoms with E-state index in [2.05, 4.69) is 9.84 Å². The van der Waals surface area contributed by atoms with E-state index in [4.69, 9.17) is 0 Å². The summed E-state index contributed by atoms with van der Waals surface area (Å²) >= 11 is 0. The molecule has 1 saturated heterocycles. The van der Waals surface area contributed by atoms with Crippen molar-refractivity contribution in [2.45, 2.75) is 18.6 Å². The third kappa shape index (κ3) is 2.21. The van der Waals surface area contributed by atoms with Crippen LogP contribution in [-0.4, -0.2) is 57.5 Å². The minimum atomic E-state index is -0.737. The van der Waals surface area contributed by atoms with Crippen LogP contribution in [0.3, 0.4) is 0 Å². The summed E-state index contributed by atoms with van der Waals surface area (Å²) < 4.78 is 6.14. The second-order valence-corrected chi connectivity index (χ2v) is 4.26. The lowest BCUT2D eigenvalue weighted by molar-refractivity contribution is -0.145. The molecule has 1 fully saturated rings. The van der Waals surface area contributed by atoms with Crippen molar-refractivity contribution in [3.8, 4) is 0 Å².